The maximum atomic E-state index is 6.89. The summed E-state index contributed by atoms with van der Waals surface area (Å²) in [6, 6.07) is 13.9. The van der Waals surface area contributed by atoms with Gasteiger partial charge in [0.15, 0.2) is 0 Å². The van der Waals surface area contributed by atoms with Crippen molar-refractivity contribution in [1.82, 2.24) is 0 Å². The van der Waals surface area contributed by atoms with Crippen molar-refractivity contribution < 1.29 is 16.5 Å². The van der Waals surface area contributed by atoms with Gasteiger partial charge < -0.3 is 16.5 Å². The number of rotatable bonds is 0. The van der Waals surface area contributed by atoms with Gasteiger partial charge in [0.2, 0.25) is 0 Å². The summed E-state index contributed by atoms with van der Waals surface area (Å²) in [5, 5.41) is 3.85. The first-order valence-electron chi connectivity index (χ1n) is 8.83. The summed E-state index contributed by atoms with van der Waals surface area (Å²) in [6.07, 6.45) is 0. The van der Waals surface area contributed by atoms with Crippen molar-refractivity contribution in [1.29, 1.82) is 0 Å². The highest BCUT2D eigenvalue weighted by Gasteiger charge is 2.58. The summed E-state index contributed by atoms with van der Waals surface area (Å²) in [7, 11) is -9.64. The van der Waals surface area contributed by atoms with E-state index in [9.17, 15) is 0 Å². The molecule has 4 nitrogen and oxygen atoms in total. The molecule has 0 N–H and O–H groups in total. The lowest BCUT2D eigenvalue weighted by molar-refractivity contribution is 0.239. The van der Waals surface area contributed by atoms with Crippen LogP contribution in [0.2, 0.25) is 39.3 Å². The zero-order chi connectivity index (χ0) is 18.1. The van der Waals surface area contributed by atoms with Gasteiger partial charge in [-0.05, 0) is 55.6 Å². The molecule has 2 aliphatic rings. The fourth-order valence-corrected chi connectivity index (χ4v) is 25.9. The lowest BCUT2D eigenvalue weighted by Crippen LogP contribution is -2.69. The molecule has 1 fully saturated rings. The van der Waals surface area contributed by atoms with Crippen LogP contribution in [0.25, 0.3) is 10.8 Å². The molecule has 2 aromatic rings. The molecular weight excluding hydrogens is 381 g/mol. The molecule has 0 saturated carbocycles. The van der Waals surface area contributed by atoms with Gasteiger partial charge in [0, 0.05) is 11.2 Å². The minimum Gasteiger partial charge on any atom is -0.416 e. The quantitative estimate of drug-likeness (QED) is 0.624. The van der Waals surface area contributed by atoms with Gasteiger partial charge in [-0.2, -0.15) is 0 Å². The van der Waals surface area contributed by atoms with Crippen LogP contribution in [0.5, 0.6) is 0 Å². The van der Waals surface area contributed by atoms with Crippen molar-refractivity contribution in [3.63, 3.8) is 0 Å². The third kappa shape index (κ3) is 3.14. The van der Waals surface area contributed by atoms with Gasteiger partial charge in [-0.25, -0.2) is 0 Å². The molecule has 134 valence electrons. The van der Waals surface area contributed by atoms with E-state index in [2.05, 4.69) is 75.7 Å². The van der Waals surface area contributed by atoms with Crippen LogP contribution in [0.1, 0.15) is 5.56 Å². The lowest BCUT2D eigenvalue weighted by Gasteiger charge is -2.47. The highest BCUT2D eigenvalue weighted by atomic mass is 28.5. The second kappa shape index (κ2) is 5.46. The number of hydrogen-bond donors (Lipinski definition) is 0. The molecule has 0 amide bonds. The van der Waals surface area contributed by atoms with Gasteiger partial charge in [0.1, 0.15) is 0 Å². The van der Waals surface area contributed by atoms with Crippen molar-refractivity contribution in [2.24, 2.45) is 0 Å². The average Bonchev–Trinajstić information content (AvgIpc) is 2.69. The number of hydrogen-bond acceptors (Lipinski definition) is 4. The van der Waals surface area contributed by atoms with E-state index in [4.69, 9.17) is 16.5 Å². The molecule has 2 heterocycles. The van der Waals surface area contributed by atoms with E-state index in [-0.39, 0.29) is 0 Å². The Morgan fingerprint density at radius 3 is 1.80 bits per heavy atom. The summed E-state index contributed by atoms with van der Waals surface area (Å²) in [5.41, 5.74) is 1.34. The minimum absolute atomic E-state index is 0.852. The largest absolute Gasteiger partial charge is 0.416 e. The molecule has 1 spiro atoms. The maximum Gasteiger partial charge on any atom is 0.360 e. The maximum absolute atomic E-state index is 6.89. The van der Waals surface area contributed by atoms with E-state index < -0.39 is 34.2 Å². The lowest BCUT2D eigenvalue weighted by atomic mass is 10.1. The summed E-state index contributed by atoms with van der Waals surface area (Å²) in [5.74, 6) is 0. The Morgan fingerprint density at radius 1 is 0.680 bits per heavy atom. The number of fused-ring (bicyclic) bond motifs is 1. The molecule has 0 aliphatic carbocycles. The Hall–Kier alpha value is -0.592. The number of benzene rings is 2. The van der Waals surface area contributed by atoms with Crippen LogP contribution in [0, 0.1) is 0 Å². The van der Waals surface area contributed by atoms with Gasteiger partial charge >= 0.3 is 34.2 Å². The smallest absolute Gasteiger partial charge is 0.360 e. The van der Waals surface area contributed by atoms with E-state index in [1.54, 1.807) is 0 Å². The van der Waals surface area contributed by atoms with Crippen molar-refractivity contribution in [2.75, 3.05) is 0 Å². The Balaban J connectivity index is 1.88. The molecule has 8 heteroatoms. The van der Waals surface area contributed by atoms with Gasteiger partial charge in [-0.1, -0.05) is 36.4 Å². The molecule has 0 unspecified atom stereocenters. The Kier molecular flexibility index (Phi) is 3.89. The fourth-order valence-electron chi connectivity index (χ4n) is 4.47. The van der Waals surface area contributed by atoms with Gasteiger partial charge in [-0.3, -0.25) is 0 Å². The van der Waals surface area contributed by atoms with Gasteiger partial charge in [0.05, 0.1) is 0 Å². The Bertz CT molecular complexity index is 822. The predicted molar refractivity (Wildman–Crippen MR) is 110 cm³/mol. The van der Waals surface area contributed by atoms with Crippen molar-refractivity contribution in [3.8, 4) is 0 Å². The van der Waals surface area contributed by atoms with Crippen molar-refractivity contribution >= 4 is 50.2 Å². The third-order valence-corrected chi connectivity index (χ3v) is 21.1. The second-order valence-electron chi connectivity index (χ2n) is 8.36. The molecule has 0 atom stereocenters. The molecule has 2 aromatic carbocycles. The Labute approximate surface area is 154 Å². The molecule has 0 bridgehead atoms. The van der Waals surface area contributed by atoms with E-state index in [1.165, 1.54) is 21.5 Å². The zero-order valence-electron chi connectivity index (χ0n) is 15.8. The molecule has 2 aliphatic heterocycles. The summed E-state index contributed by atoms with van der Waals surface area (Å²) >= 11 is 0. The summed E-state index contributed by atoms with van der Waals surface area (Å²) < 4.78 is 26.8. The highest BCUT2D eigenvalue weighted by molar-refractivity contribution is 6.99. The first-order valence-corrected chi connectivity index (χ1v) is 19.3. The van der Waals surface area contributed by atoms with Crippen molar-refractivity contribution in [3.05, 3.63) is 42.0 Å². The van der Waals surface area contributed by atoms with Crippen molar-refractivity contribution in [2.45, 2.75) is 45.3 Å². The second-order valence-corrected chi connectivity index (χ2v) is 22.4. The third-order valence-electron chi connectivity index (χ3n) is 4.63. The summed E-state index contributed by atoms with van der Waals surface area (Å²) in [6.45, 7) is 12.7. The molecule has 0 aromatic heterocycles. The Morgan fingerprint density at radius 2 is 1.20 bits per heavy atom. The van der Waals surface area contributed by atoms with Crippen LogP contribution in [0.15, 0.2) is 36.4 Å². The first-order chi connectivity index (χ1) is 11.5. The first kappa shape index (κ1) is 17.8. The fraction of sp³-hybridized carbons (Fsp3) is 0.412. The molecule has 1 saturated heterocycles. The molecule has 25 heavy (non-hydrogen) atoms. The normalized spacial score (nSPS) is 25.7. The van der Waals surface area contributed by atoms with Gasteiger partial charge in [-0.15, -0.1) is 0 Å². The highest BCUT2D eigenvalue weighted by Crippen LogP contribution is 2.37. The topological polar surface area (TPSA) is 36.9 Å². The van der Waals surface area contributed by atoms with E-state index in [0.29, 0.717) is 0 Å². The predicted octanol–water partition coefficient (Wildman–Crippen LogP) is 3.77. The van der Waals surface area contributed by atoms with Gasteiger partial charge in [0.25, 0.3) is 0 Å². The monoisotopic (exact) mass is 406 g/mol. The summed E-state index contributed by atoms with van der Waals surface area (Å²) in [4.78, 5) is 0. The van der Waals surface area contributed by atoms with E-state index in [0.717, 1.165) is 6.04 Å². The molecule has 0 radical (unpaired) electrons. The minimum atomic E-state index is -2.64. The standard InChI is InChI=1S/C17H26O4Si4/c1-22(2)18-23(3,4)20-25(21-24(5,6)19-22)13-15-11-7-9-14-10-8-12-16(25)17(14)15/h7-12H,13H2,1-6H3. The van der Waals surface area contributed by atoms with Crippen LogP contribution >= 0.6 is 0 Å². The zero-order valence-corrected chi connectivity index (χ0v) is 19.8. The van der Waals surface area contributed by atoms with Crippen LogP contribution in [0.3, 0.4) is 0 Å². The van der Waals surface area contributed by atoms with Crippen LogP contribution in [0.4, 0.5) is 0 Å². The van der Waals surface area contributed by atoms with Crippen LogP contribution in [-0.2, 0) is 22.5 Å². The van der Waals surface area contributed by atoms with Crippen LogP contribution in [-0.4, -0.2) is 34.2 Å². The molecule has 4 rings (SSSR count). The van der Waals surface area contributed by atoms with E-state index >= 15 is 0 Å². The SMILES string of the molecule is C[Si]1(C)O[Si](C)(C)O[Si]2(Cc3cccc4cccc2c34)O[Si](C)(C)O1. The average molecular weight is 407 g/mol. The van der Waals surface area contributed by atoms with E-state index in [1.807, 2.05) is 0 Å². The van der Waals surface area contributed by atoms with Crippen LogP contribution < -0.4 is 5.19 Å². The molecular formula is C17H26O4Si4.